The number of aromatic nitrogens is 1. The van der Waals surface area contributed by atoms with Crippen LogP contribution in [0.3, 0.4) is 0 Å². The second-order valence-electron chi connectivity index (χ2n) is 7.80. The van der Waals surface area contributed by atoms with E-state index in [1.54, 1.807) is 7.11 Å². The Bertz CT molecular complexity index is 597. The second-order valence-corrected chi connectivity index (χ2v) is 7.80. The van der Waals surface area contributed by atoms with Crippen LogP contribution in [0.1, 0.15) is 56.7 Å². The molecule has 0 bridgehead atoms. The molecule has 5 nitrogen and oxygen atoms in total. The first-order valence-corrected chi connectivity index (χ1v) is 10.1. The molecule has 1 N–H and O–H groups in total. The van der Waals surface area contributed by atoms with Gasteiger partial charge in [0, 0.05) is 19.3 Å². The monoisotopic (exact) mass is 360 g/mol. The Morgan fingerprint density at radius 1 is 1.31 bits per heavy atom. The van der Waals surface area contributed by atoms with Gasteiger partial charge in [-0.25, -0.2) is 4.98 Å². The number of hydrogen-bond acceptors (Lipinski definition) is 5. The molecule has 3 rings (SSSR count). The maximum atomic E-state index is 12.2. The van der Waals surface area contributed by atoms with E-state index in [2.05, 4.69) is 17.4 Å². The van der Waals surface area contributed by atoms with Crippen LogP contribution in [0.2, 0.25) is 0 Å². The van der Waals surface area contributed by atoms with E-state index in [0.717, 1.165) is 57.3 Å². The lowest BCUT2D eigenvalue weighted by Gasteiger charge is -2.28. The number of carbonyl (C=O) groups excluding carboxylic acids is 1. The second kappa shape index (κ2) is 9.36. The summed E-state index contributed by atoms with van der Waals surface area (Å²) in [7, 11) is 1.63. The van der Waals surface area contributed by atoms with Gasteiger partial charge in [-0.2, -0.15) is 0 Å². The average Bonchev–Trinajstić information content (AvgIpc) is 2.66. The maximum absolute atomic E-state index is 12.2. The van der Waals surface area contributed by atoms with Crippen molar-refractivity contribution in [1.29, 1.82) is 0 Å². The smallest absolute Gasteiger partial charge is 0.309 e. The first-order valence-electron chi connectivity index (χ1n) is 10.1. The van der Waals surface area contributed by atoms with Crippen LogP contribution in [-0.4, -0.2) is 37.3 Å². The van der Waals surface area contributed by atoms with Crippen LogP contribution in [0, 0.1) is 11.8 Å². The first-order chi connectivity index (χ1) is 12.7. The molecular weight excluding hydrogens is 328 g/mol. The number of pyridine rings is 1. The quantitative estimate of drug-likeness (QED) is 0.750. The van der Waals surface area contributed by atoms with Gasteiger partial charge in [0.1, 0.15) is 11.9 Å². The van der Waals surface area contributed by atoms with Crippen LogP contribution in [0.4, 0.5) is 5.82 Å². The van der Waals surface area contributed by atoms with Gasteiger partial charge in [0.2, 0.25) is 0 Å². The Morgan fingerprint density at radius 2 is 2.12 bits per heavy atom. The van der Waals surface area contributed by atoms with Gasteiger partial charge in [-0.1, -0.05) is 6.07 Å². The summed E-state index contributed by atoms with van der Waals surface area (Å²) >= 11 is 0. The van der Waals surface area contributed by atoms with Crippen molar-refractivity contribution in [3.63, 3.8) is 0 Å². The molecule has 1 aromatic heterocycles. The molecule has 1 unspecified atom stereocenters. The number of rotatable bonds is 7. The lowest BCUT2D eigenvalue weighted by atomic mass is 9.80. The van der Waals surface area contributed by atoms with Gasteiger partial charge in [-0.05, 0) is 75.8 Å². The minimum absolute atomic E-state index is 0.0459. The van der Waals surface area contributed by atoms with Gasteiger partial charge in [-0.3, -0.25) is 4.79 Å². The van der Waals surface area contributed by atoms with Crippen molar-refractivity contribution in [3.8, 4) is 0 Å². The van der Waals surface area contributed by atoms with E-state index in [0.29, 0.717) is 12.5 Å². The Balaban J connectivity index is 1.41. The molecule has 0 aromatic carbocycles. The number of anilines is 1. The predicted molar refractivity (Wildman–Crippen MR) is 102 cm³/mol. The van der Waals surface area contributed by atoms with Gasteiger partial charge in [0.25, 0.3) is 0 Å². The molecule has 1 aliphatic heterocycles. The van der Waals surface area contributed by atoms with E-state index in [1.165, 1.54) is 17.7 Å². The lowest BCUT2D eigenvalue weighted by molar-refractivity contribution is -0.157. The van der Waals surface area contributed by atoms with Crippen molar-refractivity contribution in [3.05, 3.63) is 23.4 Å². The fourth-order valence-corrected chi connectivity index (χ4v) is 4.11. The molecule has 1 fully saturated rings. The third kappa shape index (κ3) is 5.19. The molecule has 0 amide bonds. The Kier molecular flexibility index (Phi) is 6.89. The number of nitrogens with zero attached hydrogens (tertiary/aromatic N) is 1. The van der Waals surface area contributed by atoms with Crippen LogP contribution < -0.4 is 5.32 Å². The predicted octanol–water partition coefficient (Wildman–Crippen LogP) is 3.76. The largest absolute Gasteiger partial charge is 0.460 e. The summed E-state index contributed by atoms with van der Waals surface area (Å²) < 4.78 is 10.5. The van der Waals surface area contributed by atoms with Gasteiger partial charge >= 0.3 is 5.97 Å². The number of esters is 1. The number of methoxy groups -OCH3 is 1. The minimum Gasteiger partial charge on any atom is -0.460 e. The van der Waals surface area contributed by atoms with E-state index in [9.17, 15) is 4.79 Å². The summed E-state index contributed by atoms with van der Waals surface area (Å²) in [5, 5.41) is 3.41. The summed E-state index contributed by atoms with van der Waals surface area (Å²) in [5.74, 6) is 1.80. The average molecular weight is 360 g/mol. The van der Waals surface area contributed by atoms with Crippen molar-refractivity contribution in [2.24, 2.45) is 11.8 Å². The fourth-order valence-electron chi connectivity index (χ4n) is 4.11. The third-order valence-corrected chi connectivity index (χ3v) is 5.66. The van der Waals surface area contributed by atoms with Crippen LogP contribution in [-0.2, 0) is 27.1 Å². The van der Waals surface area contributed by atoms with E-state index in [4.69, 9.17) is 14.5 Å². The van der Waals surface area contributed by atoms with Crippen molar-refractivity contribution in [2.45, 2.75) is 64.4 Å². The Morgan fingerprint density at radius 3 is 2.88 bits per heavy atom. The molecule has 2 heterocycles. The highest BCUT2D eigenvalue weighted by molar-refractivity contribution is 5.72. The Labute approximate surface area is 156 Å². The van der Waals surface area contributed by atoms with E-state index in [1.807, 2.05) is 6.92 Å². The van der Waals surface area contributed by atoms with Crippen molar-refractivity contribution >= 4 is 11.8 Å². The number of aryl methyl sites for hydroxylation is 2. The molecule has 144 valence electrons. The zero-order valence-electron chi connectivity index (χ0n) is 16.1. The van der Waals surface area contributed by atoms with Gasteiger partial charge in [0.05, 0.1) is 12.5 Å². The van der Waals surface area contributed by atoms with E-state index >= 15 is 0 Å². The molecular formula is C21H32N2O3. The molecule has 0 radical (unpaired) electrons. The molecule has 1 aliphatic carbocycles. The molecule has 5 heteroatoms. The SMILES string of the molecule is COCC(C)OC(=O)C1CCC(CCc2ccc3c(n2)NCCC3)CC1. The van der Waals surface area contributed by atoms with Crippen molar-refractivity contribution in [1.82, 2.24) is 4.98 Å². The zero-order chi connectivity index (χ0) is 18.4. The molecule has 1 aromatic rings. The highest BCUT2D eigenvalue weighted by atomic mass is 16.6. The highest BCUT2D eigenvalue weighted by Gasteiger charge is 2.28. The molecule has 0 saturated heterocycles. The van der Waals surface area contributed by atoms with Gasteiger partial charge < -0.3 is 14.8 Å². The third-order valence-electron chi connectivity index (χ3n) is 5.66. The summed E-state index contributed by atoms with van der Waals surface area (Å²) in [6.07, 6.45) is 8.48. The van der Waals surface area contributed by atoms with E-state index in [-0.39, 0.29) is 18.0 Å². The molecule has 0 spiro atoms. The van der Waals surface area contributed by atoms with E-state index < -0.39 is 0 Å². The topological polar surface area (TPSA) is 60.5 Å². The zero-order valence-corrected chi connectivity index (χ0v) is 16.1. The Hall–Kier alpha value is -1.62. The normalized spacial score (nSPS) is 23.6. The van der Waals surface area contributed by atoms with Gasteiger partial charge in [0.15, 0.2) is 0 Å². The van der Waals surface area contributed by atoms with Crippen LogP contribution >= 0.6 is 0 Å². The summed E-state index contributed by atoms with van der Waals surface area (Å²) in [4.78, 5) is 17.0. The molecule has 1 atom stereocenters. The minimum atomic E-state index is -0.158. The van der Waals surface area contributed by atoms with Crippen LogP contribution in [0.25, 0.3) is 0 Å². The summed E-state index contributed by atoms with van der Waals surface area (Å²) in [5.41, 5.74) is 2.54. The number of nitrogens with one attached hydrogen (secondary N) is 1. The molecule has 1 saturated carbocycles. The molecule has 26 heavy (non-hydrogen) atoms. The number of ether oxygens (including phenoxy) is 2. The summed E-state index contributed by atoms with van der Waals surface area (Å²) in [6, 6.07) is 4.42. The number of carbonyl (C=O) groups is 1. The maximum Gasteiger partial charge on any atom is 0.309 e. The van der Waals surface area contributed by atoms with Gasteiger partial charge in [-0.15, -0.1) is 0 Å². The fraction of sp³-hybridized carbons (Fsp3) is 0.714. The number of fused-ring (bicyclic) bond motifs is 1. The standard InChI is InChI=1S/C21H32N2O3/c1-15(14-25-2)26-21(24)18-8-5-16(6-9-18)7-11-19-12-10-17-4-3-13-22-20(17)23-19/h10,12,15-16,18H,3-9,11,13-14H2,1-2H3,(H,22,23). The lowest BCUT2D eigenvalue weighted by Crippen LogP contribution is -2.28. The first kappa shape index (κ1) is 19.2. The number of hydrogen-bond donors (Lipinski definition) is 1. The summed E-state index contributed by atoms with van der Waals surface area (Å²) in [6.45, 7) is 3.38. The van der Waals surface area contributed by atoms with Crippen molar-refractivity contribution < 1.29 is 14.3 Å². The van der Waals surface area contributed by atoms with Crippen LogP contribution in [0.15, 0.2) is 12.1 Å². The molecule has 2 aliphatic rings. The highest BCUT2D eigenvalue weighted by Crippen LogP contribution is 2.32. The van der Waals surface area contributed by atoms with Crippen LogP contribution in [0.5, 0.6) is 0 Å². The van der Waals surface area contributed by atoms with Crippen molar-refractivity contribution in [2.75, 3.05) is 25.6 Å².